The zero-order chi connectivity index (χ0) is 16.3. The van der Waals surface area contributed by atoms with Crippen molar-refractivity contribution in [1.82, 2.24) is 9.80 Å². The van der Waals surface area contributed by atoms with Crippen LogP contribution in [0.1, 0.15) is 20.3 Å². The molecule has 0 fully saturated rings. The van der Waals surface area contributed by atoms with Crippen molar-refractivity contribution in [3.8, 4) is 0 Å². The molecule has 2 unspecified atom stereocenters. The van der Waals surface area contributed by atoms with E-state index in [1.54, 1.807) is 4.90 Å². The van der Waals surface area contributed by atoms with E-state index in [4.69, 9.17) is 0 Å². The number of nitrogens with zero attached hydrogens (tertiary/aromatic N) is 3. The molecular formula is C17H26N3O2+. The first kappa shape index (κ1) is 16.6. The van der Waals surface area contributed by atoms with Gasteiger partial charge in [0, 0.05) is 24.3 Å². The van der Waals surface area contributed by atoms with Gasteiger partial charge in [0.1, 0.15) is 0 Å². The van der Waals surface area contributed by atoms with Crippen molar-refractivity contribution in [3.05, 3.63) is 36.2 Å². The lowest BCUT2D eigenvalue weighted by molar-refractivity contribution is -0.590. The van der Waals surface area contributed by atoms with E-state index in [1.165, 1.54) is 0 Å². The van der Waals surface area contributed by atoms with E-state index >= 15 is 0 Å². The summed E-state index contributed by atoms with van der Waals surface area (Å²) in [5, 5.41) is 10.7. The van der Waals surface area contributed by atoms with Crippen molar-refractivity contribution in [3.63, 3.8) is 0 Å². The Morgan fingerprint density at radius 2 is 1.91 bits per heavy atom. The molecule has 1 aliphatic rings. The third-order valence-electron chi connectivity index (χ3n) is 4.24. The molecular weight excluding hydrogens is 278 g/mol. The van der Waals surface area contributed by atoms with Crippen LogP contribution in [0.2, 0.25) is 0 Å². The molecule has 0 spiro atoms. The molecule has 0 aliphatic carbocycles. The number of amides is 1. The van der Waals surface area contributed by atoms with Crippen molar-refractivity contribution in [2.45, 2.75) is 26.5 Å². The number of aliphatic hydroxyl groups is 1. The number of aromatic nitrogens is 1. The summed E-state index contributed by atoms with van der Waals surface area (Å²) < 4.78 is 1.90. The van der Waals surface area contributed by atoms with Gasteiger partial charge in [-0.15, -0.1) is 0 Å². The molecule has 0 saturated carbocycles. The molecule has 1 aromatic rings. The van der Waals surface area contributed by atoms with E-state index in [0.717, 1.165) is 24.2 Å². The highest BCUT2D eigenvalue weighted by molar-refractivity contribution is 5.86. The second-order valence-electron chi connectivity index (χ2n) is 6.13. The van der Waals surface area contributed by atoms with Gasteiger partial charge in [-0.05, 0) is 40.9 Å². The highest BCUT2D eigenvalue weighted by atomic mass is 16.3. The Kier molecular flexibility index (Phi) is 5.32. The molecule has 1 aliphatic heterocycles. The predicted octanol–water partition coefficient (Wildman–Crippen LogP) is 0.953. The Bertz CT molecular complexity index is 554. The lowest BCUT2D eigenvalue weighted by atomic mass is 9.93. The van der Waals surface area contributed by atoms with Crippen LogP contribution in [-0.2, 0) is 4.79 Å². The van der Waals surface area contributed by atoms with Crippen molar-refractivity contribution >= 4 is 11.6 Å². The zero-order valence-electron chi connectivity index (χ0n) is 13.9. The maximum Gasteiger partial charge on any atom is 0.236 e. The maximum atomic E-state index is 12.5. The number of carbonyl (C=O) groups is 1. The number of aliphatic hydroxyl groups excluding tert-OH is 1. The van der Waals surface area contributed by atoms with Gasteiger partial charge in [-0.25, -0.2) is 0 Å². The van der Waals surface area contributed by atoms with Crippen LogP contribution in [0.15, 0.2) is 36.2 Å². The molecule has 5 nitrogen and oxygen atoms in total. The highest BCUT2D eigenvalue weighted by Crippen LogP contribution is 2.28. The molecule has 22 heavy (non-hydrogen) atoms. The third-order valence-corrected chi connectivity index (χ3v) is 4.24. The van der Waals surface area contributed by atoms with Gasteiger partial charge in [0.15, 0.2) is 12.4 Å². The number of pyridine rings is 1. The average molecular weight is 304 g/mol. The molecule has 120 valence electrons. The summed E-state index contributed by atoms with van der Waals surface area (Å²) in [6.07, 6.45) is 3.76. The minimum absolute atomic E-state index is 0.00374. The van der Waals surface area contributed by atoms with E-state index in [9.17, 15) is 9.90 Å². The molecule has 1 aromatic heterocycles. The molecule has 1 N–H and O–H groups in total. The Hall–Kier alpha value is -1.72. The van der Waals surface area contributed by atoms with Crippen molar-refractivity contribution in [2.24, 2.45) is 5.92 Å². The minimum atomic E-state index is -0.890. The summed E-state index contributed by atoms with van der Waals surface area (Å²) in [4.78, 5) is 16.2. The summed E-state index contributed by atoms with van der Waals surface area (Å²) in [5.41, 5.74) is 1.72. The molecule has 0 saturated heterocycles. The van der Waals surface area contributed by atoms with Gasteiger partial charge in [-0.1, -0.05) is 6.07 Å². The fourth-order valence-corrected chi connectivity index (χ4v) is 2.81. The molecule has 5 heteroatoms. The van der Waals surface area contributed by atoms with Gasteiger partial charge < -0.3 is 14.9 Å². The third kappa shape index (κ3) is 3.36. The van der Waals surface area contributed by atoms with Gasteiger partial charge in [0.05, 0.1) is 5.92 Å². The summed E-state index contributed by atoms with van der Waals surface area (Å²) in [6, 6.07) is 5.78. The Morgan fingerprint density at radius 1 is 1.27 bits per heavy atom. The molecule has 2 heterocycles. The van der Waals surface area contributed by atoms with E-state index in [0.29, 0.717) is 6.54 Å². The lowest BCUT2D eigenvalue weighted by Crippen LogP contribution is -2.54. The molecule has 1 amide bonds. The fraction of sp³-hybridized carbons (Fsp3) is 0.529. The summed E-state index contributed by atoms with van der Waals surface area (Å²) >= 11 is 0. The highest BCUT2D eigenvalue weighted by Gasteiger charge is 2.41. The smallest absolute Gasteiger partial charge is 0.236 e. The van der Waals surface area contributed by atoms with Gasteiger partial charge in [0.2, 0.25) is 17.8 Å². The van der Waals surface area contributed by atoms with Crippen LogP contribution in [0, 0.1) is 5.92 Å². The van der Waals surface area contributed by atoms with E-state index in [2.05, 4.69) is 4.90 Å². The molecule has 2 rings (SSSR count). The summed E-state index contributed by atoms with van der Waals surface area (Å²) in [5.74, 6) is -0.200. The Labute approximate surface area is 132 Å². The SMILES string of the molecule is CC1=C([n+]2ccccc2)C(O)N(CCCN(C)C)C(=O)C1C. The van der Waals surface area contributed by atoms with Crippen LogP contribution in [0.4, 0.5) is 0 Å². The summed E-state index contributed by atoms with van der Waals surface area (Å²) in [7, 11) is 4.01. The van der Waals surface area contributed by atoms with Crippen LogP contribution in [-0.4, -0.2) is 54.2 Å². The van der Waals surface area contributed by atoms with Crippen LogP contribution >= 0.6 is 0 Å². The number of rotatable bonds is 5. The molecule has 0 bridgehead atoms. The van der Waals surface area contributed by atoms with Gasteiger partial charge in [-0.2, -0.15) is 4.57 Å². The number of hydrogen-bond donors (Lipinski definition) is 1. The van der Waals surface area contributed by atoms with Crippen molar-refractivity contribution < 1.29 is 14.5 Å². The van der Waals surface area contributed by atoms with E-state index < -0.39 is 6.23 Å². The first-order valence-corrected chi connectivity index (χ1v) is 7.74. The van der Waals surface area contributed by atoms with Gasteiger partial charge >= 0.3 is 0 Å². The van der Waals surface area contributed by atoms with Crippen molar-refractivity contribution in [1.29, 1.82) is 0 Å². The first-order chi connectivity index (χ1) is 10.4. The van der Waals surface area contributed by atoms with E-state index in [1.807, 2.05) is 63.1 Å². The maximum absolute atomic E-state index is 12.5. The second kappa shape index (κ2) is 7.03. The minimum Gasteiger partial charge on any atom is -0.364 e. The predicted molar refractivity (Wildman–Crippen MR) is 85.6 cm³/mol. The van der Waals surface area contributed by atoms with Crippen LogP contribution in [0.3, 0.4) is 0 Å². The van der Waals surface area contributed by atoms with Crippen LogP contribution in [0.5, 0.6) is 0 Å². The molecule has 0 aromatic carbocycles. The quantitative estimate of drug-likeness (QED) is 0.824. The normalized spacial score (nSPS) is 22.6. The number of hydrogen-bond acceptors (Lipinski definition) is 3. The molecule has 0 radical (unpaired) electrons. The largest absolute Gasteiger partial charge is 0.364 e. The first-order valence-electron chi connectivity index (χ1n) is 7.74. The van der Waals surface area contributed by atoms with Crippen molar-refractivity contribution in [2.75, 3.05) is 27.2 Å². The second-order valence-corrected chi connectivity index (χ2v) is 6.13. The van der Waals surface area contributed by atoms with Crippen LogP contribution in [0.25, 0.3) is 5.70 Å². The Balaban J connectivity index is 2.27. The molecule has 2 atom stereocenters. The van der Waals surface area contributed by atoms with Gasteiger partial charge in [-0.3, -0.25) is 4.79 Å². The van der Waals surface area contributed by atoms with E-state index in [-0.39, 0.29) is 11.8 Å². The topological polar surface area (TPSA) is 47.7 Å². The zero-order valence-corrected chi connectivity index (χ0v) is 13.9. The monoisotopic (exact) mass is 304 g/mol. The fourth-order valence-electron chi connectivity index (χ4n) is 2.81. The summed E-state index contributed by atoms with van der Waals surface area (Å²) in [6.45, 7) is 5.29. The Morgan fingerprint density at radius 3 is 2.50 bits per heavy atom. The lowest BCUT2D eigenvalue weighted by Gasteiger charge is -2.35. The van der Waals surface area contributed by atoms with Crippen LogP contribution < -0.4 is 4.57 Å². The average Bonchev–Trinajstić information content (AvgIpc) is 2.49. The number of carbonyl (C=O) groups excluding carboxylic acids is 1. The van der Waals surface area contributed by atoms with Gasteiger partial charge in [0.25, 0.3) is 0 Å². The standard InChI is InChI=1S/C17H26N3O2/c1-13-14(2)16(21)20(12-8-9-18(3)4)17(22)15(13)19-10-6-5-7-11-19/h5-7,10-11,14,17,22H,8-9,12H2,1-4H3/q+1.